The maximum atomic E-state index is 12.1. The Morgan fingerprint density at radius 3 is 2.25 bits per heavy atom. The van der Waals surface area contributed by atoms with E-state index in [1.54, 1.807) is 13.8 Å². The second-order valence-electron chi connectivity index (χ2n) is 3.73. The number of rotatable bonds is 6. The molecule has 0 aliphatic heterocycles. The summed E-state index contributed by atoms with van der Waals surface area (Å²) in [6.07, 6.45) is 4.16. The maximum absolute atomic E-state index is 12.1. The summed E-state index contributed by atoms with van der Waals surface area (Å²) in [7, 11) is -3.36. The van der Waals surface area contributed by atoms with Crippen LogP contribution in [-0.4, -0.2) is 24.1 Å². The van der Waals surface area contributed by atoms with Crippen molar-refractivity contribution >= 4 is 23.8 Å². The van der Waals surface area contributed by atoms with Crippen molar-refractivity contribution in [2.24, 2.45) is 0 Å². The molecule has 1 aliphatic rings. The minimum absolute atomic E-state index is 0.0716. The van der Waals surface area contributed by atoms with Crippen molar-refractivity contribution in [3.8, 4) is 0 Å². The average Bonchev–Trinajstić information content (AvgIpc) is 2.22. The zero-order valence-corrected chi connectivity index (χ0v) is 12.3. The summed E-state index contributed by atoms with van der Waals surface area (Å²) < 4.78 is 27.9. The molecule has 0 spiro atoms. The molecule has 1 aliphatic carbocycles. The zero-order chi connectivity index (χ0) is 12.0. The topological polar surface area (TPSA) is 44.8 Å². The van der Waals surface area contributed by atoms with Crippen molar-refractivity contribution in [2.45, 2.75) is 50.5 Å². The number of phosphoric ester groups is 1. The highest BCUT2D eigenvalue weighted by Gasteiger charge is 2.34. The van der Waals surface area contributed by atoms with Crippen LogP contribution < -0.4 is 0 Å². The fourth-order valence-corrected chi connectivity index (χ4v) is 4.03. The van der Waals surface area contributed by atoms with Crippen LogP contribution in [0.4, 0.5) is 0 Å². The molecule has 0 aromatic heterocycles. The molecule has 16 heavy (non-hydrogen) atoms. The third kappa shape index (κ3) is 4.46. The second kappa shape index (κ2) is 7.12. The Balaban J connectivity index is 2.55. The van der Waals surface area contributed by atoms with Crippen LogP contribution in [-0.2, 0) is 18.1 Å². The van der Waals surface area contributed by atoms with E-state index in [9.17, 15) is 4.57 Å². The van der Waals surface area contributed by atoms with E-state index in [-0.39, 0.29) is 10.9 Å². The molecule has 0 radical (unpaired) electrons. The quantitative estimate of drug-likeness (QED) is 0.551. The molecule has 0 aromatic carbocycles. The zero-order valence-electron chi connectivity index (χ0n) is 9.86. The van der Waals surface area contributed by atoms with Crippen molar-refractivity contribution < 1.29 is 18.1 Å². The molecule has 0 saturated heterocycles. The molecule has 0 N–H and O–H groups in total. The first-order valence-corrected chi connectivity index (χ1v) is 8.20. The Bertz CT molecular complexity index is 239. The smallest absolute Gasteiger partial charge is 0.287 e. The summed E-state index contributed by atoms with van der Waals surface area (Å²) in [5.74, 6) is 0. The Morgan fingerprint density at radius 2 is 1.75 bits per heavy atom. The first kappa shape index (κ1) is 14.7. The van der Waals surface area contributed by atoms with Gasteiger partial charge in [-0.1, -0.05) is 28.8 Å². The van der Waals surface area contributed by atoms with Crippen molar-refractivity contribution in [1.82, 2.24) is 0 Å². The lowest BCUT2D eigenvalue weighted by Crippen LogP contribution is -2.27. The van der Waals surface area contributed by atoms with Crippen molar-refractivity contribution in [3.05, 3.63) is 0 Å². The minimum atomic E-state index is -3.36. The van der Waals surface area contributed by atoms with Gasteiger partial charge in [-0.3, -0.25) is 13.6 Å². The normalized spacial score (nSPS) is 26.9. The fraction of sp³-hybridized carbons (Fsp3) is 1.00. The van der Waals surface area contributed by atoms with Crippen LogP contribution in [0.15, 0.2) is 0 Å². The van der Waals surface area contributed by atoms with E-state index in [0.29, 0.717) is 13.2 Å². The Hall–Kier alpha value is 0.590. The van der Waals surface area contributed by atoms with Gasteiger partial charge in [0.05, 0.1) is 19.3 Å². The Labute approximate surface area is 106 Å². The summed E-state index contributed by atoms with van der Waals surface area (Å²) >= 11 is 3.55. The summed E-state index contributed by atoms with van der Waals surface area (Å²) in [4.78, 5) is 0.246. The molecule has 0 aromatic rings. The third-order valence-corrected chi connectivity index (χ3v) is 5.19. The highest BCUT2D eigenvalue weighted by Crippen LogP contribution is 2.52. The van der Waals surface area contributed by atoms with Crippen LogP contribution in [0.25, 0.3) is 0 Å². The highest BCUT2D eigenvalue weighted by molar-refractivity contribution is 9.09. The van der Waals surface area contributed by atoms with Crippen LogP contribution in [0, 0.1) is 0 Å². The monoisotopic (exact) mass is 314 g/mol. The molecule has 1 fully saturated rings. The highest BCUT2D eigenvalue weighted by atomic mass is 79.9. The lowest BCUT2D eigenvalue weighted by Gasteiger charge is -2.29. The maximum Gasteiger partial charge on any atom is 0.475 e. The first-order valence-electron chi connectivity index (χ1n) is 5.83. The van der Waals surface area contributed by atoms with Crippen molar-refractivity contribution in [1.29, 1.82) is 0 Å². The van der Waals surface area contributed by atoms with Crippen LogP contribution in [0.3, 0.4) is 0 Å². The van der Waals surface area contributed by atoms with E-state index in [0.717, 1.165) is 19.3 Å². The number of alkyl halides is 1. The number of hydrogen-bond acceptors (Lipinski definition) is 4. The van der Waals surface area contributed by atoms with Gasteiger partial charge in [0.2, 0.25) is 0 Å². The van der Waals surface area contributed by atoms with E-state index in [2.05, 4.69) is 15.9 Å². The predicted octanol–water partition coefficient (Wildman–Crippen LogP) is 3.89. The van der Waals surface area contributed by atoms with Crippen LogP contribution in [0.1, 0.15) is 39.5 Å². The summed E-state index contributed by atoms with van der Waals surface area (Å²) in [5, 5.41) is 0. The van der Waals surface area contributed by atoms with Gasteiger partial charge in [0, 0.05) is 4.83 Å². The molecule has 96 valence electrons. The lowest BCUT2D eigenvalue weighted by molar-refractivity contribution is 0.0704. The van der Waals surface area contributed by atoms with Gasteiger partial charge < -0.3 is 0 Å². The van der Waals surface area contributed by atoms with E-state index >= 15 is 0 Å². The van der Waals surface area contributed by atoms with Crippen LogP contribution in [0.2, 0.25) is 0 Å². The van der Waals surface area contributed by atoms with Gasteiger partial charge in [-0.25, -0.2) is 4.57 Å². The van der Waals surface area contributed by atoms with Gasteiger partial charge >= 0.3 is 7.82 Å². The molecule has 0 bridgehead atoms. The van der Waals surface area contributed by atoms with Gasteiger partial charge in [0.1, 0.15) is 0 Å². The van der Waals surface area contributed by atoms with Gasteiger partial charge in [0.15, 0.2) is 0 Å². The van der Waals surface area contributed by atoms with Crippen molar-refractivity contribution in [3.63, 3.8) is 0 Å². The predicted molar refractivity (Wildman–Crippen MR) is 66.9 cm³/mol. The molecule has 4 nitrogen and oxygen atoms in total. The number of halogens is 1. The molecule has 0 unspecified atom stereocenters. The standard InChI is InChI=1S/C10H20BrO4P/c1-3-13-16(12,14-4-2)15-10-8-6-5-7-9(10)11/h9-10H,3-8H2,1-2H3/t9-,10-/m0/s1. The van der Waals surface area contributed by atoms with Crippen molar-refractivity contribution in [2.75, 3.05) is 13.2 Å². The molecule has 0 heterocycles. The summed E-state index contributed by atoms with van der Waals surface area (Å²) in [6.45, 7) is 4.22. The van der Waals surface area contributed by atoms with E-state index < -0.39 is 7.82 Å². The van der Waals surface area contributed by atoms with Gasteiger partial charge in [-0.05, 0) is 26.7 Å². The third-order valence-electron chi connectivity index (χ3n) is 2.46. The Kier molecular flexibility index (Phi) is 6.52. The van der Waals surface area contributed by atoms with Crippen LogP contribution >= 0.6 is 23.8 Å². The lowest BCUT2D eigenvalue weighted by atomic mass is 9.98. The minimum Gasteiger partial charge on any atom is -0.287 e. The Morgan fingerprint density at radius 1 is 1.19 bits per heavy atom. The van der Waals surface area contributed by atoms with Crippen LogP contribution in [0.5, 0.6) is 0 Å². The van der Waals surface area contributed by atoms with Gasteiger partial charge in [-0.2, -0.15) is 0 Å². The fourth-order valence-electron chi connectivity index (χ4n) is 1.75. The molecule has 1 saturated carbocycles. The number of hydrogen-bond donors (Lipinski definition) is 0. The summed E-state index contributed by atoms with van der Waals surface area (Å²) in [6, 6.07) is 0. The van der Waals surface area contributed by atoms with E-state index in [4.69, 9.17) is 13.6 Å². The van der Waals surface area contributed by atoms with E-state index in [1.165, 1.54) is 6.42 Å². The number of phosphoric acid groups is 1. The summed E-state index contributed by atoms with van der Waals surface area (Å²) in [5.41, 5.74) is 0. The SMILES string of the molecule is CCOP(=O)(OCC)O[C@H]1CCCC[C@@H]1Br. The molecular weight excluding hydrogens is 295 g/mol. The first-order chi connectivity index (χ1) is 7.61. The largest absolute Gasteiger partial charge is 0.475 e. The van der Waals surface area contributed by atoms with Gasteiger partial charge in [0.25, 0.3) is 0 Å². The molecule has 6 heteroatoms. The molecular formula is C10H20BrO4P. The average molecular weight is 315 g/mol. The molecule has 0 amide bonds. The van der Waals surface area contributed by atoms with Gasteiger partial charge in [-0.15, -0.1) is 0 Å². The molecule has 1 rings (SSSR count). The van der Waals surface area contributed by atoms with E-state index in [1.807, 2.05) is 0 Å². The molecule has 2 atom stereocenters. The second-order valence-corrected chi connectivity index (χ2v) is 6.52.